The molecule has 0 aromatic carbocycles. The standard InChI is InChI=1S/C9H11ClN2.ClH/c1-11-7-3-4-8-6(7)2-5-9(10)12-8;/h2,5,7,11H,3-4H2,1H3;1H. The van der Waals surface area contributed by atoms with E-state index in [1.54, 1.807) is 0 Å². The summed E-state index contributed by atoms with van der Waals surface area (Å²) < 4.78 is 0. The molecule has 0 bridgehead atoms. The largest absolute Gasteiger partial charge is 0.313 e. The highest BCUT2D eigenvalue weighted by molar-refractivity contribution is 6.29. The molecule has 2 nitrogen and oxygen atoms in total. The van der Waals surface area contributed by atoms with Gasteiger partial charge in [-0.05, 0) is 31.5 Å². The van der Waals surface area contributed by atoms with Gasteiger partial charge in [0.05, 0.1) is 0 Å². The molecule has 2 rings (SSSR count). The molecule has 1 atom stereocenters. The quantitative estimate of drug-likeness (QED) is 0.733. The van der Waals surface area contributed by atoms with Gasteiger partial charge in [0.25, 0.3) is 0 Å². The lowest BCUT2D eigenvalue weighted by atomic mass is 10.1. The molecule has 1 heterocycles. The van der Waals surface area contributed by atoms with Crippen molar-refractivity contribution in [2.24, 2.45) is 0 Å². The molecule has 0 saturated heterocycles. The molecule has 1 unspecified atom stereocenters. The summed E-state index contributed by atoms with van der Waals surface area (Å²) in [4.78, 5) is 4.28. The minimum atomic E-state index is 0. The van der Waals surface area contributed by atoms with Crippen LogP contribution in [-0.4, -0.2) is 12.0 Å². The number of halogens is 2. The fourth-order valence-electron chi connectivity index (χ4n) is 1.74. The molecule has 4 heteroatoms. The van der Waals surface area contributed by atoms with Gasteiger partial charge in [0.1, 0.15) is 5.15 Å². The predicted octanol–water partition coefficient (Wildman–Crippen LogP) is 2.36. The number of nitrogens with one attached hydrogen (secondary N) is 1. The van der Waals surface area contributed by atoms with E-state index < -0.39 is 0 Å². The van der Waals surface area contributed by atoms with E-state index in [2.05, 4.69) is 16.4 Å². The predicted molar refractivity (Wildman–Crippen MR) is 56.6 cm³/mol. The second-order valence-electron chi connectivity index (χ2n) is 3.05. The molecule has 1 aromatic heterocycles. The highest BCUT2D eigenvalue weighted by Crippen LogP contribution is 2.29. The molecule has 0 aliphatic heterocycles. The second-order valence-corrected chi connectivity index (χ2v) is 3.44. The van der Waals surface area contributed by atoms with Crippen molar-refractivity contribution in [2.45, 2.75) is 18.9 Å². The number of aryl methyl sites for hydroxylation is 1. The van der Waals surface area contributed by atoms with Gasteiger partial charge in [0.15, 0.2) is 0 Å². The number of hydrogen-bond donors (Lipinski definition) is 1. The summed E-state index contributed by atoms with van der Waals surface area (Å²) in [7, 11) is 1.98. The molecular weight excluding hydrogens is 207 g/mol. The van der Waals surface area contributed by atoms with E-state index in [0.29, 0.717) is 11.2 Å². The maximum absolute atomic E-state index is 5.78. The average Bonchev–Trinajstić information content (AvgIpc) is 2.46. The van der Waals surface area contributed by atoms with E-state index in [9.17, 15) is 0 Å². The molecular formula is C9H12Cl2N2. The Bertz CT molecular complexity index is 302. The Morgan fingerprint density at radius 2 is 2.31 bits per heavy atom. The molecule has 0 saturated carbocycles. The summed E-state index contributed by atoms with van der Waals surface area (Å²) in [5, 5.41) is 3.86. The minimum Gasteiger partial charge on any atom is -0.313 e. The average molecular weight is 219 g/mol. The lowest BCUT2D eigenvalue weighted by Gasteiger charge is -2.08. The number of pyridine rings is 1. The van der Waals surface area contributed by atoms with Gasteiger partial charge in [0, 0.05) is 11.7 Å². The summed E-state index contributed by atoms with van der Waals surface area (Å²) in [6.07, 6.45) is 2.18. The zero-order valence-corrected chi connectivity index (χ0v) is 8.95. The Morgan fingerprint density at radius 1 is 1.54 bits per heavy atom. The zero-order valence-electron chi connectivity index (χ0n) is 7.38. The van der Waals surface area contributed by atoms with Crippen LogP contribution in [0.1, 0.15) is 23.7 Å². The zero-order chi connectivity index (χ0) is 8.55. The van der Waals surface area contributed by atoms with Gasteiger partial charge in [0.2, 0.25) is 0 Å². The molecule has 1 N–H and O–H groups in total. The summed E-state index contributed by atoms with van der Waals surface area (Å²) in [6, 6.07) is 4.40. The third-order valence-electron chi connectivity index (χ3n) is 2.37. The first-order valence-corrected chi connectivity index (χ1v) is 4.51. The number of aromatic nitrogens is 1. The van der Waals surface area contributed by atoms with Crippen LogP contribution in [0, 0.1) is 0 Å². The lowest BCUT2D eigenvalue weighted by Crippen LogP contribution is -2.12. The Morgan fingerprint density at radius 3 is 3.00 bits per heavy atom. The van der Waals surface area contributed by atoms with Gasteiger partial charge in [-0.3, -0.25) is 0 Å². The van der Waals surface area contributed by atoms with Gasteiger partial charge in [-0.25, -0.2) is 4.98 Å². The smallest absolute Gasteiger partial charge is 0.129 e. The van der Waals surface area contributed by atoms with Crippen molar-refractivity contribution in [1.29, 1.82) is 0 Å². The van der Waals surface area contributed by atoms with Crippen molar-refractivity contribution in [3.8, 4) is 0 Å². The maximum Gasteiger partial charge on any atom is 0.129 e. The number of rotatable bonds is 1. The van der Waals surface area contributed by atoms with Crippen LogP contribution in [0.3, 0.4) is 0 Å². The Balaban J connectivity index is 0.000000845. The molecule has 0 spiro atoms. The van der Waals surface area contributed by atoms with Gasteiger partial charge in [-0.1, -0.05) is 17.7 Å². The first-order chi connectivity index (χ1) is 5.81. The summed E-state index contributed by atoms with van der Waals surface area (Å²) in [6.45, 7) is 0. The topological polar surface area (TPSA) is 24.9 Å². The molecule has 72 valence electrons. The van der Waals surface area contributed by atoms with Crippen LogP contribution >= 0.6 is 24.0 Å². The van der Waals surface area contributed by atoms with Gasteiger partial charge >= 0.3 is 0 Å². The van der Waals surface area contributed by atoms with Crippen molar-refractivity contribution in [3.05, 3.63) is 28.5 Å². The molecule has 0 radical (unpaired) electrons. The molecule has 1 aromatic rings. The summed E-state index contributed by atoms with van der Waals surface area (Å²) in [5.74, 6) is 0. The van der Waals surface area contributed by atoms with Crippen molar-refractivity contribution in [2.75, 3.05) is 7.05 Å². The highest BCUT2D eigenvalue weighted by atomic mass is 35.5. The second kappa shape index (κ2) is 4.27. The fourth-order valence-corrected chi connectivity index (χ4v) is 1.90. The third-order valence-corrected chi connectivity index (χ3v) is 2.58. The maximum atomic E-state index is 5.78. The fraction of sp³-hybridized carbons (Fsp3) is 0.444. The van der Waals surface area contributed by atoms with E-state index >= 15 is 0 Å². The van der Waals surface area contributed by atoms with E-state index in [1.165, 1.54) is 5.56 Å². The van der Waals surface area contributed by atoms with Crippen molar-refractivity contribution >= 4 is 24.0 Å². The van der Waals surface area contributed by atoms with Crippen LogP contribution in [0.15, 0.2) is 12.1 Å². The van der Waals surface area contributed by atoms with Gasteiger partial charge < -0.3 is 5.32 Å². The van der Waals surface area contributed by atoms with Crippen LogP contribution in [0.25, 0.3) is 0 Å². The number of fused-ring (bicyclic) bond motifs is 1. The van der Waals surface area contributed by atoms with Crippen molar-refractivity contribution in [3.63, 3.8) is 0 Å². The Labute approximate surface area is 89.1 Å². The first kappa shape index (κ1) is 10.8. The molecule has 1 aliphatic carbocycles. The highest BCUT2D eigenvalue weighted by Gasteiger charge is 2.21. The first-order valence-electron chi connectivity index (χ1n) is 4.14. The van der Waals surface area contributed by atoms with Crippen LogP contribution in [0.5, 0.6) is 0 Å². The van der Waals surface area contributed by atoms with Gasteiger partial charge in [-0.15, -0.1) is 12.4 Å². The van der Waals surface area contributed by atoms with Crippen LogP contribution in [0.2, 0.25) is 5.15 Å². The van der Waals surface area contributed by atoms with E-state index in [4.69, 9.17) is 11.6 Å². The number of nitrogens with zero attached hydrogens (tertiary/aromatic N) is 1. The van der Waals surface area contributed by atoms with Crippen molar-refractivity contribution < 1.29 is 0 Å². The van der Waals surface area contributed by atoms with E-state index in [-0.39, 0.29) is 12.4 Å². The molecule has 0 amide bonds. The van der Waals surface area contributed by atoms with Crippen molar-refractivity contribution in [1.82, 2.24) is 10.3 Å². The summed E-state index contributed by atoms with van der Waals surface area (Å²) >= 11 is 5.78. The lowest BCUT2D eigenvalue weighted by molar-refractivity contribution is 0.590. The molecule has 0 fully saturated rings. The van der Waals surface area contributed by atoms with E-state index in [0.717, 1.165) is 18.5 Å². The summed E-state index contributed by atoms with van der Waals surface area (Å²) in [5.41, 5.74) is 2.46. The van der Waals surface area contributed by atoms with Gasteiger partial charge in [-0.2, -0.15) is 0 Å². The third kappa shape index (κ3) is 1.96. The Hall–Kier alpha value is -0.310. The number of hydrogen-bond acceptors (Lipinski definition) is 2. The molecule has 13 heavy (non-hydrogen) atoms. The Kier molecular flexibility index (Phi) is 3.54. The van der Waals surface area contributed by atoms with E-state index in [1.807, 2.05) is 13.1 Å². The van der Waals surface area contributed by atoms with Crippen LogP contribution < -0.4 is 5.32 Å². The monoisotopic (exact) mass is 218 g/mol. The van der Waals surface area contributed by atoms with Crippen LogP contribution in [-0.2, 0) is 6.42 Å². The molecule has 1 aliphatic rings. The normalized spacial score (nSPS) is 19.4. The minimum absolute atomic E-state index is 0. The SMILES string of the molecule is CNC1CCc2nc(Cl)ccc21.Cl. The van der Waals surface area contributed by atoms with Crippen LogP contribution in [0.4, 0.5) is 0 Å².